The first kappa shape index (κ1) is 9.21. The molecule has 1 amide bonds. The van der Waals surface area contributed by atoms with Crippen molar-refractivity contribution in [2.45, 2.75) is 25.3 Å². The van der Waals surface area contributed by atoms with Crippen molar-refractivity contribution < 1.29 is 4.79 Å². The highest BCUT2D eigenvalue weighted by Crippen LogP contribution is 2.23. The normalized spacial score (nSPS) is 16.7. The number of hydrogen-bond donors (Lipinski definition) is 1. The summed E-state index contributed by atoms with van der Waals surface area (Å²) < 4.78 is 1.01. The van der Waals surface area contributed by atoms with Crippen molar-refractivity contribution in [1.82, 2.24) is 5.32 Å². The Balaban J connectivity index is 1.96. The van der Waals surface area contributed by atoms with Crippen molar-refractivity contribution in [2.24, 2.45) is 0 Å². The van der Waals surface area contributed by atoms with Gasteiger partial charge in [0.05, 0.1) is 8.66 Å². The van der Waals surface area contributed by atoms with E-state index in [4.69, 9.17) is 0 Å². The molecule has 1 fully saturated rings. The van der Waals surface area contributed by atoms with E-state index in [-0.39, 0.29) is 5.91 Å². The Morgan fingerprint density at radius 2 is 2.31 bits per heavy atom. The molecule has 1 saturated carbocycles. The van der Waals surface area contributed by atoms with Gasteiger partial charge in [-0.3, -0.25) is 4.79 Å². The molecule has 2 nitrogen and oxygen atoms in total. The van der Waals surface area contributed by atoms with Crippen LogP contribution in [0.2, 0.25) is 0 Å². The van der Waals surface area contributed by atoms with Gasteiger partial charge >= 0.3 is 0 Å². The van der Waals surface area contributed by atoms with Gasteiger partial charge < -0.3 is 5.32 Å². The van der Waals surface area contributed by atoms with E-state index in [9.17, 15) is 4.79 Å². The van der Waals surface area contributed by atoms with E-state index in [1.807, 2.05) is 12.1 Å². The Hall–Kier alpha value is -0.350. The largest absolute Gasteiger partial charge is 0.349 e. The number of rotatable bonds is 2. The molecular weight excluding hydrogens is 250 g/mol. The van der Waals surface area contributed by atoms with Gasteiger partial charge in [0, 0.05) is 6.04 Å². The van der Waals surface area contributed by atoms with Crippen LogP contribution >= 0.6 is 27.3 Å². The third-order valence-electron chi connectivity index (χ3n) is 2.24. The molecule has 1 aliphatic carbocycles. The van der Waals surface area contributed by atoms with Gasteiger partial charge in [0.2, 0.25) is 0 Å². The van der Waals surface area contributed by atoms with Gasteiger partial charge in [0.1, 0.15) is 0 Å². The van der Waals surface area contributed by atoms with E-state index in [2.05, 4.69) is 21.2 Å². The molecule has 0 unspecified atom stereocenters. The van der Waals surface area contributed by atoms with Gasteiger partial charge in [-0.1, -0.05) is 0 Å². The van der Waals surface area contributed by atoms with Crippen LogP contribution in [0.5, 0.6) is 0 Å². The molecule has 1 N–H and O–H groups in total. The Labute approximate surface area is 89.5 Å². The highest BCUT2D eigenvalue weighted by atomic mass is 79.9. The molecule has 0 aromatic carbocycles. The van der Waals surface area contributed by atoms with E-state index in [0.717, 1.165) is 21.5 Å². The van der Waals surface area contributed by atoms with Crippen molar-refractivity contribution in [3.63, 3.8) is 0 Å². The van der Waals surface area contributed by atoms with Gasteiger partial charge in [-0.05, 0) is 47.3 Å². The molecule has 0 aliphatic heterocycles. The summed E-state index contributed by atoms with van der Waals surface area (Å²) in [5.41, 5.74) is 0. The third-order valence-corrected chi connectivity index (χ3v) is 3.86. The zero-order valence-electron chi connectivity index (χ0n) is 7.05. The molecule has 70 valence electrons. The lowest BCUT2D eigenvalue weighted by Gasteiger charge is -2.25. The fraction of sp³-hybridized carbons (Fsp3) is 0.444. The van der Waals surface area contributed by atoms with Gasteiger partial charge in [0.15, 0.2) is 0 Å². The summed E-state index contributed by atoms with van der Waals surface area (Å²) in [5, 5.41) is 3.00. The average molecular weight is 260 g/mol. The van der Waals surface area contributed by atoms with Crippen LogP contribution in [0.4, 0.5) is 0 Å². The van der Waals surface area contributed by atoms with Crippen LogP contribution in [-0.4, -0.2) is 11.9 Å². The Morgan fingerprint density at radius 3 is 2.77 bits per heavy atom. The second-order valence-corrected chi connectivity index (χ2v) is 5.67. The second-order valence-electron chi connectivity index (χ2n) is 3.21. The quantitative estimate of drug-likeness (QED) is 0.870. The fourth-order valence-electron chi connectivity index (χ4n) is 1.25. The maximum absolute atomic E-state index is 11.5. The predicted molar refractivity (Wildman–Crippen MR) is 57.1 cm³/mol. The van der Waals surface area contributed by atoms with E-state index >= 15 is 0 Å². The number of hydrogen-bond acceptors (Lipinski definition) is 2. The molecule has 0 spiro atoms. The van der Waals surface area contributed by atoms with Gasteiger partial charge in [0.25, 0.3) is 5.91 Å². The minimum Gasteiger partial charge on any atom is -0.349 e. The van der Waals surface area contributed by atoms with Gasteiger partial charge in [-0.2, -0.15) is 0 Å². The zero-order chi connectivity index (χ0) is 9.26. The standard InChI is InChI=1S/C9H10BrNOS/c10-8-5-4-7(13-8)9(12)11-6-2-1-3-6/h4-6H,1-3H2,(H,11,12). The first-order valence-corrected chi connectivity index (χ1v) is 5.93. The summed E-state index contributed by atoms with van der Waals surface area (Å²) in [6, 6.07) is 4.18. The maximum Gasteiger partial charge on any atom is 0.261 e. The maximum atomic E-state index is 11.5. The van der Waals surface area contributed by atoms with Crippen LogP contribution in [0.1, 0.15) is 28.9 Å². The topological polar surface area (TPSA) is 29.1 Å². The van der Waals surface area contributed by atoms with Crippen molar-refractivity contribution in [1.29, 1.82) is 0 Å². The number of thiophene rings is 1. The fourth-order valence-corrected chi connectivity index (χ4v) is 2.53. The lowest BCUT2D eigenvalue weighted by molar-refractivity contribution is 0.0921. The molecule has 2 rings (SSSR count). The lowest BCUT2D eigenvalue weighted by Crippen LogP contribution is -2.39. The summed E-state index contributed by atoms with van der Waals surface area (Å²) >= 11 is 4.81. The minimum absolute atomic E-state index is 0.0698. The van der Waals surface area contributed by atoms with Crippen LogP contribution in [-0.2, 0) is 0 Å². The molecule has 1 aromatic heterocycles. The molecule has 0 radical (unpaired) electrons. The molecular formula is C9H10BrNOS. The molecule has 0 saturated heterocycles. The van der Waals surface area contributed by atoms with Crippen molar-refractivity contribution in [3.05, 3.63) is 20.8 Å². The molecule has 0 bridgehead atoms. The number of carbonyl (C=O) groups excluding carboxylic acids is 1. The highest BCUT2D eigenvalue weighted by molar-refractivity contribution is 9.11. The molecule has 0 atom stereocenters. The van der Waals surface area contributed by atoms with Crippen LogP contribution < -0.4 is 5.32 Å². The van der Waals surface area contributed by atoms with Crippen molar-refractivity contribution in [2.75, 3.05) is 0 Å². The Morgan fingerprint density at radius 1 is 1.54 bits per heavy atom. The Bertz CT molecular complexity index is 319. The first-order valence-electron chi connectivity index (χ1n) is 4.32. The smallest absolute Gasteiger partial charge is 0.261 e. The van der Waals surface area contributed by atoms with Gasteiger partial charge in [-0.15, -0.1) is 11.3 Å². The van der Waals surface area contributed by atoms with E-state index in [1.54, 1.807) is 0 Å². The third kappa shape index (κ3) is 2.11. The van der Waals surface area contributed by atoms with E-state index in [0.29, 0.717) is 6.04 Å². The van der Waals surface area contributed by atoms with Crippen LogP contribution in [0.25, 0.3) is 0 Å². The number of carbonyl (C=O) groups is 1. The number of nitrogens with one attached hydrogen (secondary N) is 1. The average Bonchev–Trinajstić information content (AvgIpc) is 2.44. The van der Waals surface area contributed by atoms with Crippen LogP contribution in [0.15, 0.2) is 15.9 Å². The molecule has 1 heterocycles. The second kappa shape index (κ2) is 3.80. The van der Waals surface area contributed by atoms with Crippen LogP contribution in [0.3, 0.4) is 0 Å². The summed E-state index contributed by atoms with van der Waals surface area (Å²) in [5.74, 6) is 0.0698. The highest BCUT2D eigenvalue weighted by Gasteiger charge is 2.20. The van der Waals surface area contributed by atoms with Crippen LogP contribution in [0, 0.1) is 0 Å². The van der Waals surface area contributed by atoms with E-state index in [1.165, 1.54) is 17.8 Å². The molecule has 1 aromatic rings. The number of amides is 1. The monoisotopic (exact) mass is 259 g/mol. The molecule has 13 heavy (non-hydrogen) atoms. The Kier molecular flexibility index (Phi) is 2.69. The predicted octanol–water partition coefficient (Wildman–Crippen LogP) is 2.79. The summed E-state index contributed by atoms with van der Waals surface area (Å²) in [6.07, 6.45) is 3.52. The molecule has 4 heteroatoms. The number of halogens is 1. The minimum atomic E-state index is 0.0698. The lowest BCUT2D eigenvalue weighted by atomic mass is 9.93. The van der Waals surface area contributed by atoms with E-state index < -0.39 is 0 Å². The SMILES string of the molecule is O=C(NC1CCC1)c1ccc(Br)s1. The van der Waals surface area contributed by atoms with Crippen molar-refractivity contribution >= 4 is 33.2 Å². The first-order chi connectivity index (χ1) is 6.25. The summed E-state index contributed by atoms with van der Waals surface area (Å²) in [6.45, 7) is 0. The zero-order valence-corrected chi connectivity index (χ0v) is 9.45. The van der Waals surface area contributed by atoms with Crippen molar-refractivity contribution in [3.8, 4) is 0 Å². The molecule has 1 aliphatic rings. The summed E-state index contributed by atoms with van der Waals surface area (Å²) in [7, 11) is 0. The van der Waals surface area contributed by atoms with Gasteiger partial charge in [-0.25, -0.2) is 0 Å². The summed E-state index contributed by atoms with van der Waals surface area (Å²) in [4.78, 5) is 12.3.